The van der Waals surface area contributed by atoms with Crippen molar-refractivity contribution in [2.75, 3.05) is 13.2 Å². The van der Waals surface area contributed by atoms with Crippen molar-refractivity contribution in [2.45, 2.75) is 32.7 Å². The molecule has 0 aliphatic rings. The van der Waals surface area contributed by atoms with Gasteiger partial charge in [-0.1, -0.05) is 43.3 Å². The van der Waals surface area contributed by atoms with Crippen LogP contribution in [0.1, 0.15) is 32.9 Å². The third-order valence-electron chi connectivity index (χ3n) is 4.11. The zero-order valence-corrected chi connectivity index (χ0v) is 13.5. The fraction of sp³-hybridized carbons (Fsp3) is 0.389. The predicted octanol–water partition coefficient (Wildman–Crippen LogP) is 3.06. The van der Waals surface area contributed by atoms with E-state index >= 15 is 0 Å². The van der Waals surface area contributed by atoms with Crippen molar-refractivity contribution in [1.82, 2.24) is 9.55 Å². The number of aromatic nitrogens is 2. The molecule has 1 heterocycles. The van der Waals surface area contributed by atoms with Crippen LogP contribution in [-0.4, -0.2) is 33.0 Å². The van der Waals surface area contributed by atoms with Gasteiger partial charge in [0, 0.05) is 5.56 Å². The van der Waals surface area contributed by atoms with Gasteiger partial charge in [0.15, 0.2) is 0 Å². The Bertz CT molecular complexity index is 640. The number of aliphatic hydroxyl groups excluding tert-OH is 2. The smallest absolute Gasteiger partial charge is 0.0965 e. The maximum absolute atomic E-state index is 9.74. The molecule has 22 heavy (non-hydrogen) atoms. The van der Waals surface area contributed by atoms with Crippen molar-refractivity contribution in [1.29, 1.82) is 0 Å². The Morgan fingerprint density at radius 1 is 1.23 bits per heavy atom. The topological polar surface area (TPSA) is 58.3 Å². The molecule has 0 radical (unpaired) electrons. The van der Waals surface area contributed by atoms with Gasteiger partial charge in [0.25, 0.3) is 0 Å². The summed E-state index contributed by atoms with van der Waals surface area (Å²) in [7, 11) is 0. The van der Waals surface area contributed by atoms with Gasteiger partial charge >= 0.3 is 0 Å². The van der Waals surface area contributed by atoms with Crippen molar-refractivity contribution in [2.24, 2.45) is 0 Å². The lowest BCUT2D eigenvalue weighted by Gasteiger charge is -2.29. The highest BCUT2D eigenvalue weighted by Crippen LogP contribution is 2.33. The number of imidazole rings is 1. The van der Waals surface area contributed by atoms with Crippen molar-refractivity contribution < 1.29 is 10.2 Å². The largest absolute Gasteiger partial charge is 0.394 e. The van der Waals surface area contributed by atoms with Crippen molar-refractivity contribution in [3.8, 4) is 11.3 Å². The highest BCUT2D eigenvalue weighted by atomic mass is 16.3. The van der Waals surface area contributed by atoms with Crippen molar-refractivity contribution in [3.63, 3.8) is 0 Å². The molecule has 0 amide bonds. The van der Waals surface area contributed by atoms with Gasteiger partial charge in [-0.2, -0.15) is 0 Å². The highest BCUT2D eigenvalue weighted by Gasteiger charge is 2.29. The molecular formula is C18H24N2O2. The van der Waals surface area contributed by atoms with Crippen LogP contribution in [0, 0.1) is 0 Å². The van der Waals surface area contributed by atoms with Gasteiger partial charge in [0.05, 0.1) is 36.5 Å². The number of nitrogens with zero attached hydrogens (tertiary/aromatic N) is 2. The SMILES string of the molecule is C/C=C(\CC)c1c(-c2ccccc2)ncn1C(C)(CO)CO. The first-order chi connectivity index (χ1) is 10.6. The minimum Gasteiger partial charge on any atom is -0.394 e. The third-order valence-corrected chi connectivity index (χ3v) is 4.11. The molecule has 0 unspecified atom stereocenters. The second-order valence-corrected chi connectivity index (χ2v) is 5.66. The van der Waals surface area contributed by atoms with Crippen LogP contribution in [0.2, 0.25) is 0 Å². The molecule has 0 saturated heterocycles. The number of aliphatic hydroxyl groups is 2. The summed E-state index contributed by atoms with van der Waals surface area (Å²) in [5.74, 6) is 0. The van der Waals surface area contributed by atoms with Crippen molar-refractivity contribution in [3.05, 3.63) is 48.4 Å². The first-order valence-corrected chi connectivity index (χ1v) is 7.61. The molecule has 2 rings (SSSR count). The zero-order chi connectivity index (χ0) is 16.2. The van der Waals surface area contributed by atoms with Gasteiger partial charge in [-0.05, 0) is 25.8 Å². The first kappa shape index (κ1) is 16.5. The Kier molecular flexibility index (Phi) is 5.16. The van der Waals surface area contributed by atoms with E-state index in [9.17, 15) is 10.2 Å². The standard InChI is InChI=1S/C18H24N2O2/c1-4-14(5-2)17-16(15-9-7-6-8-10-15)19-13-20(17)18(3,11-21)12-22/h4,6-10,13,21-22H,5,11-12H2,1-3H3/b14-4+. The Morgan fingerprint density at radius 2 is 1.86 bits per heavy atom. The van der Waals surface area contributed by atoms with E-state index in [1.165, 1.54) is 0 Å². The van der Waals surface area contributed by atoms with Crippen LogP contribution in [0.3, 0.4) is 0 Å². The first-order valence-electron chi connectivity index (χ1n) is 7.61. The average Bonchev–Trinajstić information content (AvgIpc) is 3.01. The van der Waals surface area contributed by atoms with Crippen LogP contribution in [0.4, 0.5) is 0 Å². The minimum absolute atomic E-state index is 0.151. The van der Waals surface area contributed by atoms with E-state index in [1.54, 1.807) is 6.33 Å². The minimum atomic E-state index is -0.779. The summed E-state index contributed by atoms with van der Waals surface area (Å²) < 4.78 is 1.90. The number of hydrogen-bond acceptors (Lipinski definition) is 3. The fourth-order valence-corrected chi connectivity index (χ4v) is 2.58. The van der Waals surface area contributed by atoms with E-state index in [0.29, 0.717) is 0 Å². The molecule has 4 heteroatoms. The van der Waals surface area contributed by atoms with E-state index in [4.69, 9.17) is 0 Å². The van der Waals surface area contributed by atoms with Crippen LogP contribution in [0.15, 0.2) is 42.7 Å². The molecule has 118 valence electrons. The van der Waals surface area contributed by atoms with Crippen molar-refractivity contribution >= 4 is 5.57 Å². The van der Waals surface area contributed by atoms with Gasteiger partial charge < -0.3 is 14.8 Å². The lowest BCUT2D eigenvalue weighted by Crippen LogP contribution is -2.38. The van der Waals surface area contributed by atoms with Gasteiger partial charge in [-0.15, -0.1) is 0 Å². The summed E-state index contributed by atoms with van der Waals surface area (Å²) >= 11 is 0. The van der Waals surface area contributed by atoms with E-state index < -0.39 is 5.54 Å². The molecule has 0 fully saturated rings. The molecule has 4 nitrogen and oxygen atoms in total. The highest BCUT2D eigenvalue weighted by molar-refractivity contribution is 5.77. The van der Waals surface area contributed by atoms with Crippen LogP contribution >= 0.6 is 0 Å². The lowest BCUT2D eigenvalue weighted by molar-refractivity contribution is 0.0772. The maximum Gasteiger partial charge on any atom is 0.0965 e. The van der Waals surface area contributed by atoms with Crippen LogP contribution in [0.5, 0.6) is 0 Å². The zero-order valence-electron chi connectivity index (χ0n) is 13.5. The summed E-state index contributed by atoms with van der Waals surface area (Å²) in [4.78, 5) is 4.57. The summed E-state index contributed by atoms with van der Waals surface area (Å²) in [5, 5.41) is 19.5. The van der Waals surface area contributed by atoms with E-state index in [1.807, 2.05) is 48.7 Å². The third kappa shape index (κ3) is 2.85. The normalized spacial score (nSPS) is 12.7. The van der Waals surface area contributed by atoms with Gasteiger partial charge in [-0.3, -0.25) is 0 Å². The molecule has 0 spiro atoms. The second kappa shape index (κ2) is 6.90. The summed E-state index contributed by atoms with van der Waals surface area (Å²) in [6.45, 7) is 5.62. The Hall–Kier alpha value is -1.91. The second-order valence-electron chi connectivity index (χ2n) is 5.66. The Morgan fingerprint density at radius 3 is 2.36 bits per heavy atom. The molecule has 1 aromatic carbocycles. The Balaban J connectivity index is 2.70. The van der Waals surface area contributed by atoms with Crippen LogP contribution in [0.25, 0.3) is 16.8 Å². The van der Waals surface area contributed by atoms with Crippen LogP contribution in [-0.2, 0) is 5.54 Å². The molecule has 2 aromatic rings. The maximum atomic E-state index is 9.74. The van der Waals surface area contributed by atoms with Crippen LogP contribution < -0.4 is 0 Å². The molecular weight excluding hydrogens is 276 g/mol. The number of rotatable bonds is 6. The molecule has 2 N–H and O–H groups in total. The summed E-state index contributed by atoms with van der Waals surface area (Å²) in [5.41, 5.74) is 3.23. The molecule has 1 aromatic heterocycles. The molecule has 0 atom stereocenters. The summed E-state index contributed by atoms with van der Waals surface area (Å²) in [6, 6.07) is 9.98. The van der Waals surface area contributed by atoms with Gasteiger partial charge in [0.2, 0.25) is 0 Å². The quantitative estimate of drug-likeness (QED) is 0.862. The van der Waals surface area contributed by atoms with E-state index in [-0.39, 0.29) is 13.2 Å². The lowest BCUT2D eigenvalue weighted by atomic mass is 9.99. The Labute approximate surface area is 131 Å². The van der Waals surface area contributed by atoms with E-state index in [2.05, 4.69) is 18.0 Å². The molecule has 0 bridgehead atoms. The fourth-order valence-electron chi connectivity index (χ4n) is 2.58. The predicted molar refractivity (Wildman–Crippen MR) is 89.4 cm³/mol. The number of benzene rings is 1. The van der Waals surface area contributed by atoms with Gasteiger partial charge in [0.1, 0.15) is 0 Å². The monoisotopic (exact) mass is 300 g/mol. The average molecular weight is 300 g/mol. The molecule has 0 aliphatic heterocycles. The summed E-state index contributed by atoms with van der Waals surface area (Å²) in [6.07, 6.45) is 4.63. The molecule has 0 saturated carbocycles. The van der Waals surface area contributed by atoms with E-state index in [0.717, 1.165) is 28.9 Å². The molecule has 0 aliphatic carbocycles. The number of allylic oxidation sites excluding steroid dienone is 2. The van der Waals surface area contributed by atoms with Gasteiger partial charge in [-0.25, -0.2) is 4.98 Å². The number of hydrogen-bond donors (Lipinski definition) is 2.